The lowest BCUT2D eigenvalue weighted by molar-refractivity contribution is 1.17. The maximum Gasteiger partial charge on any atom is 0.0723 e. The first kappa shape index (κ1) is 14.0. The number of rotatable bonds is 2. The van der Waals surface area contributed by atoms with E-state index in [2.05, 4.69) is 71.3 Å². The molecular formula is C23H16N2. The summed E-state index contributed by atoms with van der Waals surface area (Å²) in [6.45, 7) is 0. The third kappa shape index (κ3) is 2.23. The Bertz CT molecular complexity index is 1170. The lowest BCUT2D eigenvalue weighted by Crippen LogP contribution is -1.93. The molecule has 3 aromatic carbocycles. The molecule has 25 heavy (non-hydrogen) atoms. The van der Waals surface area contributed by atoms with Gasteiger partial charge in [0.05, 0.1) is 16.7 Å². The highest BCUT2D eigenvalue weighted by Crippen LogP contribution is 2.33. The first-order valence-electron chi connectivity index (χ1n) is 8.42. The third-order valence-corrected chi connectivity index (χ3v) is 4.64. The number of para-hydroxylation sites is 2. The molecule has 2 heterocycles. The second-order valence-electron chi connectivity index (χ2n) is 6.14. The molecule has 5 rings (SSSR count). The van der Waals surface area contributed by atoms with Crippen molar-refractivity contribution in [3.05, 3.63) is 97.2 Å². The van der Waals surface area contributed by atoms with Crippen molar-refractivity contribution in [3.63, 3.8) is 0 Å². The summed E-state index contributed by atoms with van der Waals surface area (Å²) in [6, 6.07) is 31.5. The van der Waals surface area contributed by atoms with Gasteiger partial charge in [0, 0.05) is 28.2 Å². The van der Waals surface area contributed by atoms with Crippen LogP contribution < -0.4 is 0 Å². The number of fused-ring (bicyclic) bond motifs is 3. The van der Waals surface area contributed by atoms with E-state index in [0.29, 0.717) is 0 Å². The van der Waals surface area contributed by atoms with Gasteiger partial charge in [0.1, 0.15) is 0 Å². The lowest BCUT2D eigenvalue weighted by atomic mass is 10.1. The second kappa shape index (κ2) is 5.60. The fourth-order valence-corrected chi connectivity index (χ4v) is 3.49. The maximum atomic E-state index is 4.72. The molecule has 0 aliphatic heterocycles. The first-order chi connectivity index (χ1) is 12.4. The van der Waals surface area contributed by atoms with Gasteiger partial charge in [0.2, 0.25) is 0 Å². The Morgan fingerprint density at radius 1 is 0.600 bits per heavy atom. The maximum absolute atomic E-state index is 4.72. The summed E-state index contributed by atoms with van der Waals surface area (Å²) < 4.78 is 2.32. The van der Waals surface area contributed by atoms with Crippen molar-refractivity contribution in [2.24, 2.45) is 0 Å². The Labute approximate surface area is 146 Å². The number of benzene rings is 3. The summed E-state index contributed by atoms with van der Waals surface area (Å²) >= 11 is 0. The normalized spacial score (nSPS) is 11.2. The molecule has 0 fully saturated rings. The van der Waals surface area contributed by atoms with Crippen LogP contribution in [0.2, 0.25) is 0 Å². The molecule has 0 aliphatic carbocycles. The van der Waals surface area contributed by atoms with Gasteiger partial charge in [-0.25, -0.2) is 0 Å². The van der Waals surface area contributed by atoms with Crippen molar-refractivity contribution in [1.82, 2.24) is 9.55 Å². The van der Waals surface area contributed by atoms with Crippen LogP contribution in [0.1, 0.15) is 0 Å². The van der Waals surface area contributed by atoms with Crippen LogP contribution in [0.15, 0.2) is 97.2 Å². The van der Waals surface area contributed by atoms with E-state index < -0.39 is 0 Å². The molecule has 2 aromatic heterocycles. The Morgan fingerprint density at radius 2 is 1.28 bits per heavy atom. The van der Waals surface area contributed by atoms with E-state index in [-0.39, 0.29) is 0 Å². The number of hydrogen-bond donors (Lipinski definition) is 0. The molecule has 0 unspecified atom stereocenters. The Kier molecular flexibility index (Phi) is 3.14. The van der Waals surface area contributed by atoms with Crippen molar-refractivity contribution >= 4 is 21.8 Å². The van der Waals surface area contributed by atoms with Crippen LogP contribution in [0.5, 0.6) is 0 Å². The molecule has 118 valence electrons. The van der Waals surface area contributed by atoms with Gasteiger partial charge in [0.25, 0.3) is 0 Å². The van der Waals surface area contributed by atoms with Gasteiger partial charge in [-0.05, 0) is 24.3 Å². The smallest absolute Gasteiger partial charge is 0.0723 e. The van der Waals surface area contributed by atoms with Crippen LogP contribution in [-0.4, -0.2) is 9.55 Å². The van der Waals surface area contributed by atoms with E-state index in [0.717, 1.165) is 11.3 Å². The summed E-state index contributed by atoms with van der Waals surface area (Å²) in [5.41, 5.74) is 5.68. The molecular weight excluding hydrogens is 304 g/mol. The molecule has 2 nitrogen and oxygen atoms in total. The minimum atomic E-state index is 0.994. The zero-order chi connectivity index (χ0) is 16.6. The fraction of sp³-hybridized carbons (Fsp3) is 0. The number of nitrogens with zero attached hydrogens (tertiary/aromatic N) is 2. The molecule has 0 N–H and O–H groups in total. The molecule has 0 spiro atoms. The predicted octanol–water partition coefficient (Wildman–Crippen LogP) is 5.85. The number of pyridine rings is 1. The quantitative estimate of drug-likeness (QED) is 0.399. The average molecular weight is 320 g/mol. The minimum Gasteiger partial charge on any atom is -0.309 e. The molecule has 2 heteroatoms. The highest BCUT2D eigenvalue weighted by molar-refractivity contribution is 6.09. The zero-order valence-corrected chi connectivity index (χ0v) is 13.6. The molecule has 0 aliphatic rings. The number of aromatic nitrogens is 2. The monoisotopic (exact) mass is 320 g/mol. The molecule has 0 amide bonds. The standard InChI is InChI=1S/C23H16N2/c1-3-9-17(10-4-1)21-15-23-20(16-24-21)19-13-7-8-14-22(19)25(23)18-11-5-2-6-12-18/h1-16H. The summed E-state index contributed by atoms with van der Waals surface area (Å²) in [7, 11) is 0. The minimum absolute atomic E-state index is 0.994. The molecule has 0 bridgehead atoms. The zero-order valence-electron chi connectivity index (χ0n) is 13.6. The Morgan fingerprint density at radius 3 is 2.08 bits per heavy atom. The van der Waals surface area contributed by atoms with E-state index in [1.165, 1.54) is 27.5 Å². The Hall–Kier alpha value is -3.39. The molecule has 0 saturated carbocycles. The highest BCUT2D eigenvalue weighted by atomic mass is 15.0. The topological polar surface area (TPSA) is 17.8 Å². The van der Waals surface area contributed by atoms with Crippen LogP contribution in [-0.2, 0) is 0 Å². The van der Waals surface area contributed by atoms with Gasteiger partial charge < -0.3 is 4.57 Å². The van der Waals surface area contributed by atoms with Crippen LogP contribution in [0.25, 0.3) is 38.8 Å². The van der Waals surface area contributed by atoms with Gasteiger partial charge >= 0.3 is 0 Å². The average Bonchev–Trinajstić information content (AvgIpc) is 3.03. The van der Waals surface area contributed by atoms with Gasteiger partial charge in [-0.2, -0.15) is 0 Å². The van der Waals surface area contributed by atoms with E-state index in [4.69, 9.17) is 4.98 Å². The summed E-state index contributed by atoms with van der Waals surface area (Å²) in [5, 5.41) is 2.41. The van der Waals surface area contributed by atoms with Crippen molar-refractivity contribution in [3.8, 4) is 16.9 Å². The molecule has 0 saturated heterocycles. The van der Waals surface area contributed by atoms with Gasteiger partial charge in [-0.3, -0.25) is 4.98 Å². The van der Waals surface area contributed by atoms with E-state index in [1.54, 1.807) is 0 Å². The predicted molar refractivity (Wildman–Crippen MR) is 104 cm³/mol. The van der Waals surface area contributed by atoms with E-state index in [1.807, 2.05) is 30.5 Å². The van der Waals surface area contributed by atoms with Gasteiger partial charge in [-0.1, -0.05) is 66.7 Å². The SMILES string of the molecule is c1ccc(-c2cc3c(cn2)c2ccccc2n3-c2ccccc2)cc1. The second-order valence-corrected chi connectivity index (χ2v) is 6.14. The molecule has 5 aromatic rings. The molecule has 0 radical (unpaired) electrons. The van der Waals surface area contributed by atoms with Gasteiger partial charge in [0.15, 0.2) is 0 Å². The number of hydrogen-bond acceptors (Lipinski definition) is 1. The van der Waals surface area contributed by atoms with Crippen LogP contribution in [0.3, 0.4) is 0 Å². The summed E-state index contributed by atoms with van der Waals surface area (Å²) in [5.74, 6) is 0. The van der Waals surface area contributed by atoms with Crippen LogP contribution in [0, 0.1) is 0 Å². The summed E-state index contributed by atoms with van der Waals surface area (Å²) in [6.07, 6.45) is 2.00. The third-order valence-electron chi connectivity index (χ3n) is 4.64. The van der Waals surface area contributed by atoms with Crippen molar-refractivity contribution in [2.45, 2.75) is 0 Å². The van der Waals surface area contributed by atoms with E-state index >= 15 is 0 Å². The van der Waals surface area contributed by atoms with Crippen LogP contribution in [0.4, 0.5) is 0 Å². The van der Waals surface area contributed by atoms with Crippen molar-refractivity contribution in [2.75, 3.05) is 0 Å². The largest absolute Gasteiger partial charge is 0.309 e. The fourth-order valence-electron chi connectivity index (χ4n) is 3.49. The molecule has 0 atom stereocenters. The van der Waals surface area contributed by atoms with Gasteiger partial charge in [-0.15, -0.1) is 0 Å². The van der Waals surface area contributed by atoms with E-state index in [9.17, 15) is 0 Å². The summed E-state index contributed by atoms with van der Waals surface area (Å²) in [4.78, 5) is 4.72. The Balaban J connectivity index is 1.88. The highest BCUT2D eigenvalue weighted by Gasteiger charge is 2.13. The van der Waals surface area contributed by atoms with Crippen LogP contribution >= 0.6 is 0 Å². The van der Waals surface area contributed by atoms with Crippen molar-refractivity contribution < 1.29 is 0 Å². The lowest BCUT2D eigenvalue weighted by Gasteiger charge is -2.08. The van der Waals surface area contributed by atoms with Crippen molar-refractivity contribution in [1.29, 1.82) is 0 Å². The first-order valence-corrected chi connectivity index (χ1v) is 8.42.